The topological polar surface area (TPSA) is 44.1 Å². The summed E-state index contributed by atoms with van der Waals surface area (Å²) in [5.41, 5.74) is 2.52. The Kier molecular flexibility index (Phi) is 5.44. The van der Waals surface area contributed by atoms with Gasteiger partial charge in [-0.3, -0.25) is 9.78 Å². The summed E-state index contributed by atoms with van der Waals surface area (Å²) in [7, 11) is 0. The van der Waals surface area contributed by atoms with Crippen molar-refractivity contribution in [1.82, 2.24) is 9.55 Å². The molecule has 0 fully saturated rings. The van der Waals surface area contributed by atoms with Gasteiger partial charge in [0.15, 0.2) is 0 Å². The fourth-order valence-electron chi connectivity index (χ4n) is 3.75. The molecular formula is C27H19ClN2O2. The molecule has 4 nitrogen and oxygen atoms in total. The number of halogens is 1. The number of benzene rings is 3. The molecule has 32 heavy (non-hydrogen) atoms. The SMILES string of the molecule is O=c1c2c(Cl)cccc2cc(-c2ccc(Oc3ccccc3)cc2)n1Cc1cccnc1. The summed E-state index contributed by atoms with van der Waals surface area (Å²) in [6.45, 7) is 0.394. The van der Waals surface area contributed by atoms with Gasteiger partial charge >= 0.3 is 0 Å². The van der Waals surface area contributed by atoms with Crippen molar-refractivity contribution in [3.8, 4) is 22.8 Å². The van der Waals surface area contributed by atoms with E-state index < -0.39 is 0 Å². The minimum absolute atomic E-state index is 0.128. The van der Waals surface area contributed by atoms with E-state index in [1.165, 1.54) is 0 Å². The third-order valence-corrected chi connectivity index (χ3v) is 5.60. The molecule has 0 saturated heterocycles. The summed E-state index contributed by atoms with van der Waals surface area (Å²) >= 11 is 6.39. The van der Waals surface area contributed by atoms with Gasteiger partial charge in [-0.15, -0.1) is 0 Å². The van der Waals surface area contributed by atoms with Gasteiger partial charge in [0.05, 0.1) is 22.6 Å². The number of pyridine rings is 2. The molecule has 0 aliphatic rings. The molecule has 0 saturated carbocycles. The van der Waals surface area contributed by atoms with Crippen LogP contribution in [0.3, 0.4) is 0 Å². The minimum atomic E-state index is -0.128. The average Bonchev–Trinajstić information content (AvgIpc) is 2.83. The second-order valence-electron chi connectivity index (χ2n) is 7.43. The normalized spacial score (nSPS) is 10.9. The fraction of sp³-hybridized carbons (Fsp3) is 0.0370. The van der Waals surface area contributed by atoms with Gasteiger partial charge in [-0.25, -0.2) is 0 Å². The Hall–Kier alpha value is -3.89. The molecule has 156 valence electrons. The molecule has 2 aromatic heterocycles. The maximum atomic E-state index is 13.5. The molecule has 3 aromatic carbocycles. The molecule has 5 heteroatoms. The van der Waals surface area contributed by atoms with E-state index in [1.807, 2.05) is 84.9 Å². The van der Waals surface area contributed by atoms with Crippen LogP contribution in [-0.4, -0.2) is 9.55 Å². The van der Waals surface area contributed by atoms with Crippen LogP contribution in [0.2, 0.25) is 5.02 Å². The first-order valence-corrected chi connectivity index (χ1v) is 10.6. The monoisotopic (exact) mass is 438 g/mol. The van der Waals surface area contributed by atoms with E-state index in [2.05, 4.69) is 4.98 Å². The standard InChI is InChI=1S/C27H19ClN2O2/c28-24-10-4-7-21-16-25(30(27(31)26(21)24)18-19-6-5-15-29-17-19)20-11-13-23(14-12-20)32-22-8-2-1-3-9-22/h1-17H,18H2. The summed E-state index contributed by atoms with van der Waals surface area (Å²) in [6.07, 6.45) is 3.49. The number of aromatic nitrogens is 2. The average molecular weight is 439 g/mol. The largest absolute Gasteiger partial charge is 0.457 e. The molecule has 2 heterocycles. The van der Waals surface area contributed by atoms with Crippen molar-refractivity contribution in [2.45, 2.75) is 6.54 Å². The molecule has 0 amide bonds. The molecule has 0 unspecified atom stereocenters. The van der Waals surface area contributed by atoms with Crippen molar-refractivity contribution >= 4 is 22.4 Å². The summed E-state index contributed by atoms with van der Waals surface area (Å²) in [4.78, 5) is 17.7. The highest BCUT2D eigenvalue weighted by molar-refractivity contribution is 6.35. The molecule has 0 atom stereocenters. The van der Waals surface area contributed by atoms with Crippen molar-refractivity contribution in [3.63, 3.8) is 0 Å². The van der Waals surface area contributed by atoms with E-state index in [-0.39, 0.29) is 5.56 Å². The maximum absolute atomic E-state index is 13.5. The number of rotatable bonds is 5. The molecule has 0 aliphatic heterocycles. The zero-order chi connectivity index (χ0) is 21.9. The highest BCUT2D eigenvalue weighted by Crippen LogP contribution is 2.29. The van der Waals surface area contributed by atoms with E-state index in [0.717, 1.165) is 33.7 Å². The first kappa shape index (κ1) is 20.0. The Labute approximate surface area is 190 Å². The number of hydrogen-bond acceptors (Lipinski definition) is 3. The predicted octanol–water partition coefficient (Wildman–Crippen LogP) is 6.56. The van der Waals surface area contributed by atoms with Crippen LogP contribution in [0.4, 0.5) is 0 Å². The van der Waals surface area contributed by atoms with Crippen molar-refractivity contribution in [2.24, 2.45) is 0 Å². The molecule has 0 radical (unpaired) electrons. The van der Waals surface area contributed by atoms with Crippen molar-refractivity contribution in [2.75, 3.05) is 0 Å². The third-order valence-electron chi connectivity index (χ3n) is 5.28. The lowest BCUT2D eigenvalue weighted by Crippen LogP contribution is -2.23. The highest BCUT2D eigenvalue weighted by Gasteiger charge is 2.14. The predicted molar refractivity (Wildman–Crippen MR) is 129 cm³/mol. The Balaban J connectivity index is 1.61. The molecule has 0 spiro atoms. The summed E-state index contributed by atoms with van der Waals surface area (Å²) in [5.74, 6) is 1.50. The number of hydrogen-bond donors (Lipinski definition) is 0. The van der Waals surface area contributed by atoms with Crippen LogP contribution in [-0.2, 0) is 6.54 Å². The first-order valence-electron chi connectivity index (χ1n) is 10.2. The van der Waals surface area contributed by atoms with Crippen LogP contribution >= 0.6 is 11.6 Å². The summed E-state index contributed by atoms with van der Waals surface area (Å²) in [6, 6.07) is 28.7. The smallest absolute Gasteiger partial charge is 0.260 e. The molecule has 0 N–H and O–H groups in total. The lowest BCUT2D eigenvalue weighted by molar-refractivity contribution is 0.483. The Bertz CT molecular complexity index is 1430. The van der Waals surface area contributed by atoms with Gasteiger partial charge in [0.25, 0.3) is 5.56 Å². The van der Waals surface area contributed by atoms with Crippen LogP contribution in [0.15, 0.2) is 108 Å². The molecule has 5 rings (SSSR count). The molecular weight excluding hydrogens is 420 g/mol. The quantitative estimate of drug-likeness (QED) is 0.312. The molecule has 0 bridgehead atoms. The lowest BCUT2D eigenvalue weighted by Gasteiger charge is -2.16. The van der Waals surface area contributed by atoms with E-state index in [0.29, 0.717) is 17.0 Å². The molecule has 0 aliphatic carbocycles. The van der Waals surface area contributed by atoms with Crippen LogP contribution < -0.4 is 10.3 Å². The van der Waals surface area contributed by atoms with Gasteiger partial charge < -0.3 is 9.30 Å². The zero-order valence-electron chi connectivity index (χ0n) is 17.1. The van der Waals surface area contributed by atoms with Gasteiger partial charge in [0.2, 0.25) is 0 Å². The van der Waals surface area contributed by atoms with Gasteiger partial charge in [0.1, 0.15) is 11.5 Å². The van der Waals surface area contributed by atoms with Gasteiger partial charge in [-0.1, -0.05) is 48.0 Å². The number of fused-ring (bicyclic) bond motifs is 1. The lowest BCUT2D eigenvalue weighted by atomic mass is 10.1. The summed E-state index contributed by atoms with van der Waals surface area (Å²) < 4.78 is 7.66. The van der Waals surface area contributed by atoms with Crippen molar-refractivity contribution in [3.05, 3.63) is 124 Å². The Morgan fingerprint density at radius 2 is 1.62 bits per heavy atom. The van der Waals surface area contributed by atoms with E-state index >= 15 is 0 Å². The number of para-hydroxylation sites is 1. The van der Waals surface area contributed by atoms with Gasteiger partial charge in [-0.05, 0) is 71.1 Å². The van der Waals surface area contributed by atoms with Crippen molar-refractivity contribution < 1.29 is 4.74 Å². The second kappa shape index (κ2) is 8.69. The fourth-order valence-corrected chi connectivity index (χ4v) is 4.01. The first-order chi connectivity index (χ1) is 15.7. The Morgan fingerprint density at radius 1 is 0.844 bits per heavy atom. The number of nitrogens with zero attached hydrogens (tertiary/aromatic N) is 2. The van der Waals surface area contributed by atoms with E-state index in [1.54, 1.807) is 23.0 Å². The molecule has 5 aromatic rings. The van der Waals surface area contributed by atoms with Gasteiger partial charge in [-0.2, -0.15) is 0 Å². The highest BCUT2D eigenvalue weighted by atomic mass is 35.5. The van der Waals surface area contributed by atoms with Crippen molar-refractivity contribution in [1.29, 1.82) is 0 Å². The van der Waals surface area contributed by atoms with E-state index in [9.17, 15) is 4.79 Å². The zero-order valence-corrected chi connectivity index (χ0v) is 17.9. The van der Waals surface area contributed by atoms with Crippen LogP contribution in [0.1, 0.15) is 5.56 Å². The number of ether oxygens (including phenoxy) is 1. The Morgan fingerprint density at radius 3 is 2.38 bits per heavy atom. The minimum Gasteiger partial charge on any atom is -0.457 e. The van der Waals surface area contributed by atoms with Gasteiger partial charge in [0, 0.05) is 12.4 Å². The van der Waals surface area contributed by atoms with Crippen LogP contribution in [0.5, 0.6) is 11.5 Å². The maximum Gasteiger partial charge on any atom is 0.260 e. The third kappa shape index (κ3) is 4.01. The van der Waals surface area contributed by atoms with Crippen LogP contribution in [0, 0.1) is 0 Å². The second-order valence-corrected chi connectivity index (χ2v) is 7.83. The van der Waals surface area contributed by atoms with Crippen LogP contribution in [0.25, 0.3) is 22.0 Å². The summed E-state index contributed by atoms with van der Waals surface area (Å²) in [5, 5.41) is 1.78. The van der Waals surface area contributed by atoms with E-state index in [4.69, 9.17) is 16.3 Å².